The van der Waals surface area contributed by atoms with Gasteiger partial charge in [0.2, 0.25) is 0 Å². The number of hydrogen-bond acceptors (Lipinski definition) is 4. The number of carbonyl (C=O) groups excluding carboxylic acids is 1. The Labute approximate surface area is 146 Å². The van der Waals surface area contributed by atoms with E-state index in [1.807, 2.05) is 0 Å². The molecule has 2 N–H and O–H groups in total. The number of rotatable bonds is 4. The number of benzene rings is 2. The zero-order valence-corrected chi connectivity index (χ0v) is 14.0. The SMILES string of the molecule is O=C(Nc1cccc(N=Cc2cc(Br)ccc2O)c1)c1ccco1. The lowest BCUT2D eigenvalue weighted by atomic mass is 10.2. The van der Waals surface area contributed by atoms with Gasteiger partial charge in [0.25, 0.3) is 5.91 Å². The first-order valence-corrected chi connectivity index (χ1v) is 7.88. The van der Waals surface area contributed by atoms with Crippen molar-refractivity contribution in [2.45, 2.75) is 0 Å². The van der Waals surface area contributed by atoms with Crippen molar-refractivity contribution >= 4 is 39.4 Å². The summed E-state index contributed by atoms with van der Waals surface area (Å²) in [6.07, 6.45) is 3.01. The lowest BCUT2D eigenvalue weighted by molar-refractivity contribution is 0.0996. The van der Waals surface area contributed by atoms with Crippen molar-refractivity contribution in [1.29, 1.82) is 0 Å². The number of hydrogen-bond donors (Lipinski definition) is 2. The Kier molecular flexibility index (Phi) is 4.77. The lowest BCUT2D eigenvalue weighted by Gasteiger charge is -2.04. The number of anilines is 1. The van der Waals surface area contributed by atoms with Crippen molar-refractivity contribution in [1.82, 2.24) is 0 Å². The summed E-state index contributed by atoms with van der Waals surface area (Å²) < 4.78 is 5.90. The van der Waals surface area contributed by atoms with Crippen LogP contribution in [0.4, 0.5) is 11.4 Å². The fourth-order valence-electron chi connectivity index (χ4n) is 2.04. The van der Waals surface area contributed by atoms with Crippen LogP contribution in [0.25, 0.3) is 0 Å². The summed E-state index contributed by atoms with van der Waals surface area (Å²) in [6, 6.07) is 15.4. The van der Waals surface area contributed by atoms with Crippen LogP contribution in [0, 0.1) is 0 Å². The number of carbonyl (C=O) groups is 1. The molecule has 24 heavy (non-hydrogen) atoms. The summed E-state index contributed by atoms with van der Waals surface area (Å²) in [7, 11) is 0. The molecular formula is C18H13BrN2O3. The second-order valence-electron chi connectivity index (χ2n) is 4.94. The first-order chi connectivity index (χ1) is 11.6. The molecule has 120 valence electrons. The van der Waals surface area contributed by atoms with E-state index < -0.39 is 0 Å². The van der Waals surface area contributed by atoms with Gasteiger partial charge in [-0.15, -0.1) is 0 Å². The van der Waals surface area contributed by atoms with Gasteiger partial charge >= 0.3 is 0 Å². The molecule has 0 aliphatic rings. The van der Waals surface area contributed by atoms with E-state index in [9.17, 15) is 9.90 Å². The minimum atomic E-state index is -0.328. The van der Waals surface area contributed by atoms with Gasteiger partial charge in [0.15, 0.2) is 5.76 Å². The number of nitrogens with zero attached hydrogens (tertiary/aromatic N) is 1. The van der Waals surface area contributed by atoms with E-state index in [4.69, 9.17) is 4.42 Å². The molecule has 0 aliphatic carbocycles. The highest BCUT2D eigenvalue weighted by molar-refractivity contribution is 9.10. The quantitative estimate of drug-likeness (QED) is 0.637. The summed E-state index contributed by atoms with van der Waals surface area (Å²) >= 11 is 3.35. The van der Waals surface area contributed by atoms with Crippen LogP contribution in [-0.4, -0.2) is 17.2 Å². The molecule has 3 aromatic rings. The molecule has 0 fully saturated rings. The maximum absolute atomic E-state index is 12.0. The molecule has 0 atom stereocenters. The van der Waals surface area contributed by atoms with E-state index in [0.29, 0.717) is 16.9 Å². The number of furan rings is 1. The molecule has 1 aromatic heterocycles. The van der Waals surface area contributed by atoms with E-state index >= 15 is 0 Å². The predicted molar refractivity (Wildman–Crippen MR) is 96.2 cm³/mol. The Hall–Kier alpha value is -2.86. The van der Waals surface area contributed by atoms with Gasteiger partial charge in [-0.1, -0.05) is 22.0 Å². The van der Waals surface area contributed by atoms with E-state index in [0.717, 1.165) is 4.47 Å². The average Bonchev–Trinajstić information content (AvgIpc) is 3.11. The third kappa shape index (κ3) is 3.91. The number of aromatic hydroxyl groups is 1. The van der Waals surface area contributed by atoms with E-state index in [1.54, 1.807) is 60.8 Å². The minimum absolute atomic E-state index is 0.143. The van der Waals surface area contributed by atoms with E-state index in [2.05, 4.69) is 26.2 Å². The minimum Gasteiger partial charge on any atom is -0.507 e. The molecule has 0 bridgehead atoms. The van der Waals surface area contributed by atoms with Crippen molar-refractivity contribution in [3.8, 4) is 5.75 Å². The molecule has 6 heteroatoms. The zero-order chi connectivity index (χ0) is 16.9. The molecule has 1 heterocycles. The summed E-state index contributed by atoms with van der Waals surface area (Å²) in [4.78, 5) is 16.3. The highest BCUT2D eigenvalue weighted by Crippen LogP contribution is 2.22. The molecule has 2 aromatic carbocycles. The zero-order valence-electron chi connectivity index (χ0n) is 12.4. The van der Waals surface area contributed by atoms with Crippen molar-refractivity contribution in [2.75, 3.05) is 5.32 Å². The summed E-state index contributed by atoms with van der Waals surface area (Å²) in [6.45, 7) is 0. The molecule has 1 amide bonds. The molecule has 0 saturated heterocycles. The number of aliphatic imine (C=N–C) groups is 1. The van der Waals surface area contributed by atoms with Gasteiger partial charge in [-0.05, 0) is 48.5 Å². The van der Waals surface area contributed by atoms with Crippen LogP contribution in [0.1, 0.15) is 16.1 Å². The molecule has 0 spiro atoms. The molecule has 0 aliphatic heterocycles. The maximum atomic E-state index is 12.0. The van der Waals surface area contributed by atoms with Crippen LogP contribution in [0.2, 0.25) is 0 Å². The summed E-state index contributed by atoms with van der Waals surface area (Å²) in [5, 5.41) is 12.6. The van der Waals surface area contributed by atoms with Crippen LogP contribution >= 0.6 is 15.9 Å². The predicted octanol–water partition coefficient (Wildman–Crippen LogP) is 4.75. The van der Waals surface area contributed by atoms with Crippen molar-refractivity contribution < 1.29 is 14.3 Å². The normalized spacial score (nSPS) is 10.9. The van der Waals surface area contributed by atoms with Crippen LogP contribution in [0.3, 0.4) is 0 Å². The lowest BCUT2D eigenvalue weighted by Crippen LogP contribution is -2.10. The smallest absolute Gasteiger partial charge is 0.291 e. The van der Waals surface area contributed by atoms with Crippen molar-refractivity contribution in [3.05, 3.63) is 76.7 Å². The van der Waals surface area contributed by atoms with Gasteiger partial charge in [-0.3, -0.25) is 9.79 Å². The van der Waals surface area contributed by atoms with E-state index in [-0.39, 0.29) is 17.4 Å². The maximum Gasteiger partial charge on any atom is 0.291 e. The van der Waals surface area contributed by atoms with Gasteiger partial charge in [-0.25, -0.2) is 0 Å². The molecule has 0 radical (unpaired) electrons. The number of phenolic OH excluding ortho intramolecular Hbond substituents is 1. The Morgan fingerprint density at radius 3 is 2.83 bits per heavy atom. The highest BCUT2D eigenvalue weighted by Gasteiger charge is 2.08. The van der Waals surface area contributed by atoms with Crippen LogP contribution in [0.5, 0.6) is 5.75 Å². The average molecular weight is 385 g/mol. The van der Waals surface area contributed by atoms with Gasteiger partial charge in [0, 0.05) is 21.9 Å². The van der Waals surface area contributed by atoms with Crippen LogP contribution in [-0.2, 0) is 0 Å². The number of phenols is 1. The standard InChI is InChI=1S/C18H13BrN2O3/c19-13-6-7-16(22)12(9-13)11-20-14-3-1-4-15(10-14)21-18(23)17-5-2-8-24-17/h1-11,22H,(H,21,23). The fourth-order valence-corrected chi connectivity index (χ4v) is 2.42. The fraction of sp³-hybridized carbons (Fsp3) is 0. The van der Waals surface area contributed by atoms with Gasteiger partial charge in [0.05, 0.1) is 12.0 Å². The van der Waals surface area contributed by atoms with E-state index in [1.165, 1.54) is 6.26 Å². The number of halogens is 1. The molecular weight excluding hydrogens is 372 g/mol. The summed E-state index contributed by atoms with van der Waals surface area (Å²) in [5.41, 5.74) is 1.84. The largest absolute Gasteiger partial charge is 0.507 e. The highest BCUT2D eigenvalue weighted by atomic mass is 79.9. The molecule has 5 nitrogen and oxygen atoms in total. The number of nitrogens with one attached hydrogen (secondary N) is 1. The Bertz CT molecular complexity index is 889. The van der Waals surface area contributed by atoms with Crippen molar-refractivity contribution in [2.24, 2.45) is 4.99 Å². The topological polar surface area (TPSA) is 74.8 Å². The third-order valence-electron chi connectivity index (χ3n) is 3.19. The monoisotopic (exact) mass is 384 g/mol. The Balaban J connectivity index is 1.77. The second kappa shape index (κ2) is 7.14. The van der Waals surface area contributed by atoms with Gasteiger partial charge < -0.3 is 14.8 Å². The first kappa shape index (κ1) is 16.0. The van der Waals surface area contributed by atoms with Crippen LogP contribution in [0.15, 0.2) is 74.7 Å². The number of amides is 1. The van der Waals surface area contributed by atoms with Gasteiger partial charge in [0.1, 0.15) is 5.75 Å². The second-order valence-corrected chi connectivity index (χ2v) is 5.86. The Morgan fingerprint density at radius 2 is 2.04 bits per heavy atom. The first-order valence-electron chi connectivity index (χ1n) is 7.09. The third-order valence-corrected chi connectivity index (χ3v) is 3.68. The van der Waals surface area contributed by atoms with Crippen molar-refractivity contribution in [3.63, 3.8) is 0 Å². The molecule has 0 unspecified atom stereocenters. The molecule has 0 saturated carbocycles. The summed E-state index contributed by atoms with van der Waals surface area (Å²) in [5.74, 6) is 0.0537. The Morgan fingerprint density at radius 1 is 1.17 bits per heavy atom. The molecule has 3 rings (SSSR count). The van der Waals surface area contributed by atoms with Crippen LogP contribution < -0.4 is 5.32 Å². The van der Waals surface area contributed by atoms with Gasteiger partial charge in [-0.2, -0.15) is 0 Å².